The molecule has 0 atom stereocenters. The minimum atomic E-state index is -0.145. The molecule has 1 aromatic heterocycles. The van der Waals surface area contributed by atoms with Crippen LogP contribution >= 0.6 is 0 Å². The zero-order valence-electron chi connectivity index (χ0n) is 16.8. The van der Waals surface area contributed by atoms with Crippen LogP contribution in [-0.2, 0) is 11.3 Å². The molecule has 7 nitrogen and oxygen atoms in total. The molecule has 0 saturated carbocycles. The largest absolute Gasteiger partial charge is 0.378 e. The molecule has 2 aliphatic rings. The molecule has 2 aromatic rings. The van der Waals surface area contributed by atoms with Crippen LogP contribution in [0.25, 0.3) is 0 Å². The minimum Gasteiger partial charge on any atom is -0.378 e. The molecule has 1 amide bonds. The van der Waals surface area contributed by atoms with Crippen molar-refractivity contribution in [3.05, 3.63) is 41.1 Å². The van der Waals surface area contributed by atoms with Gasteiger partial charge in [-0.25, -0.2) is 4.98 Å². The number of hydrogen-bond donors (Lipinski definition) is 1. The normalized spacial score (nSPS) is 16.1. The summed E-state index contributed by atoms with van der Waals surface area (Å²) in [4.78, 5) is 25.8. The molecule has 0 unspecified atom stereocenters. The Kier molecular flexibility index (Phi) is 5.36. The molecule has 150 valence electrons. The summed E-state index contributed by atoms with van der Waals surface area (Å²) < 4.78 is 5.43. The van der Waals surface area contributed by atoms with E-state index in [4.69, 9.17) is 16.1 Å². The Morgan fingerprint density at radius 2 is 1.93 bits per heavy atom. The number of carbonyl (C=O) groups excluding carboxylic acids is 1. The van der Waals surface area contributed by atoms with Crippen LogP contribution in [0.4, 0.5) is 17.5 Å². The molecule has 0 aliphatic carbocycles. The molecule has 2 aliphatic heterocycles. The zero-order valence-corrected chi connectivity index (χ0v) is 16.8. The van der Waals surface area contributed by atoms with Crippen molar-refractivity contribution in [2.45, 2.75) is 26.3 Å². The third kappa shape index (κ3) is 3.89. The van der Waals surface area contributed by atoms with Crippen molar-refractivity contribution in [2.75, 3.05) is 43.1 Å². The van der Waals surface area contributed by atoms with E-state index >= 15 is 0 Å². The van der Waals surface area contributed by atoms with Gasteiger partial charge in [0, 0.05) is 24.3 Å². The van der Waals surface area contributed by atoms with Gasteiger partial charge in [0.2, 0.25) is 5.95 Å². The second-order valence-electron chi connectivity index (χ2n) is 7.57. The smallest absolute Gasteiger partial charge is 0.274 e. The fourth-order valence-corrected chi connectivity index (χ4v) is 3.55. The lowest BCUT2D eigenvalue weighted by molar-refractivity contribution is 0.0795. The van der Waals surface area contributed by atoms with Gasteiger partial charge in [-0.15, -0.1) is 6.42 Å². The van der Waals surface area contributed by atoms with Crippen molar-refractivity contribution in [3.63, 3.8) is 0 Å². The number of ether oxygens (including phenoxy) is 1. The van der Waals surface area contributed by atoms with Gasteiger partial charge < -0.3 is 19.9 Å². The number of anilines is 3. The number of rotatable bonds is 5. The lowest BCUT2D eigenvalue weighted by atomic mass is 10.0. The number of nitrogens with zero attached hydrogens (tertiary/aromatic N) is 4. The molecule has 3 heterocycles. The second-order valence-corrected chi connectivity index (χ2v) is 7.57. The van der Waals surface area contributed by atoms with E-state index in [0.717, 1.165) is 11.3 Å². The van der Waals surface area contributed by atoms with E-state index in [1.54, 1.807) is 4.90 Å². The fraction of sp³-hybridized carbons (Fsp3) is 0.409. The standard InChI is InChI=1S/C22H25N5O2/c1-4-9-27-14-18-19(21(27)28)24-22(26-10-12-29-13-11-26)25-20(18)23-17-7-5-16(6-8-17)15(2)3/h1,5-8,15H,9-14H2,2-3H3,(H,23,24,25). The molecule has 4 rings (SSSR count). The SMILES string of the molecule is C#CCN1Cc2c(Nc3ccc(C(C)C)cc3)nc(N3CCOCC3)nc2C1=O. The van der Waals surface area contributed by atoms with Crippen LogP contribution in [0.5, 0.6) is 0 Å². The molecule has 1 aromatic carbocycles. The third-order valence-corrected chi connectivity index (χ3v) is 5.25. The quantitative estimate of drug-likeness (QED) is 0.791. The Labute approximate surface area is 171 Å². The summed E-state index contributed by atoms with van der Waals surface area (Å²) in [7, 11) is 0. The third-order valence-electron chi connectivity index (χ3n) is 5.25. The Morgan fingerprint density at radius 1 is 1.21 bits per heavy atom. The van der Waals surface area contributed by atoms with Gasteiger partial charge in [-0.1, -0.05) is 31.9 Å². The van der Waals surface area contributed by atoms with Crippen molar-refractivity contribution >= 4 is 23.4 Å². The van der Waals surface area contributed by atoms with Gasteiger partial charge in [0.1, 0.15) is 11.5 Å². The first-order valence-electron chi connectivity index (χ1n) is 9.90. The van der Waals surface area contributed by atoms with Crippen molar-refractivity contribution in [2.24, 2.45) is 0 Å². The van der Waals surface area contributed by atoms with E-state index in [0.29, 0.717) is 56.2 Å². The number of morpholine rings is 1. The highest BCUT2D eigenvalue weighted by atomic mass is 16.5. The van der Waals surface area contributed by atoms with E-state index < -0.39 is 0 Å². The molecular formula is C22H25N5O2. The van der Waals surface area contributed by atoms with Gasteiger partial charge in [0.15, 0.2) is 0 Å². The average molecular weight is 391 g/mol. The van der Waals surface area contributed by atoms with Crippen LogP contribution < -0.4 is 10.2 Å². The number of carbonyl (C=O) groups is 1. The number of aromatic nitrogens is 2. The highest BCUT2D eigenvalue weighted by Crippen LogP contribution is 2.31. The summed E-state index contributed by atoms with van der Waals surface area (Å²) in [5, 5.41) is 3.39. The molecule has 0 radical (unpaired) electrons. The summed E-state index contributed by atoms with van der Waals surface area (Å²) in [6.45, 7) is 7.64. The van der Waals surface area contributed by atoms with E-state index in [2.05, 4.69) is 42.2 Å². The maximum atomic E-state index is 12.8. The van der Waals surface area contributed by atoms with Crippen molar-refractivity contribution in [1.82, 2.24) is 14.9 Å². The monoisotopic (exact) mass is 391 g/mol. The van der Waals surface area contributed by atoms with E-state index in [-0.39, 0.29) is 12.5 Å². The molecular weight excluding hydrogens is 366 g/mol. The van der Waals surface area contributed by atoms with Crippen molar-refractivity contribution in [3.8, 4) is 12.3 Å². The van der Waals surface area contributed by atoms with Crippen molar-refractivity contribution < 1.29 is 9.53 Å². The molecule has 1 fully saturated rings. The maximum Gasteiger partial charge on any atom is 0.274 e. The number of amides is 1. The van der Waals surface area contributed by atoms with Crippen LogP contribution in [0.15, 0.2) is 24.3 Å². The lowest BCUT2D eigenvalue weighted by Gasteiger charge is -2.27. The molecule has 7 heteroatoms. The average Bonchev–Trinajstić information content (AvgIpc) is 3.05. The highest BCUT2D eigenvalue weighted by Gasteiger charge is 2.33. The van der Waals surface area contributed by atoms with E-state index in [9.17, 15) is 4.79 Å². The molecule has 0 bridgehead atoms. The van der Waals surface area contributed by atoms with Gasteiger partial charge in [-0.2, -0.15) is 4.98 Å². The molecule has 0 spiro atoms. The van der Waals surface area contributed by atoms with Gasteiger partial charge >= 0.3 is 0 Å². The fourth-order valence-electron chi connectivity index (χ4n) is 3.55. The topological polar surface area (TPSA) is 70.6 Å². The van der Waals surface area contributed by atoms with Gasteiger partial charge in [0.25, 0.3) is 5.91 Å². The summed E-state index contributed by atoms with van der Waals surface area (Å²) in [6, 6.07) is 8.28. The van der Waals surface area contributed by atoms with E-state index in [1.165, 1.54) is 5.56 Å². The van der Waals surface area contributed by atoms with Gasteiger partial charge in [0.05, 0.1) is 26.3 Å². The summed E-state index contributed by atoms with van der Waals surface area (Å²) in [6.07, 6.45) is 5.43. The minimum absolute atomic E-state index is 0.145. The molecule has 1 N–H and O–H groups in total. The molecule has 1 saturated heterocycles. The Morgan fingerprint density at radius 3 is 2.59 bits per heavy atom. The first-order valence-corrected chi connectivity index (χ1v) is 9.90. The number of benzene rings is 1. The number of terminal acetylenes is 1. The maximum absolute atomic E-state index is 12.8. The summed E-state index contributed by atoms with van der Waals surface area (Å²) >= 11 is 0. The molecule has 29 heavy (non-hydrogen) atoms. The second kappa shape index (κ2) is 8.10. The van der Waals surface area contributed by atoms with Crippen LogP contribution in [0.1, 0.15) is 41.4 Å². The summed E-state index contributed by atoms with van der Waals surface area (Å²) in [5.41, 5.74) is 3.41. The predicted octanol–water partition coefficient (Wildman–Crippen LogP) is 2.77. The Balaban J connectivity index is 1.70. The number of fused-ring (bicyclic) bond motifs is 1. The van der Waals surface area contributed by atoms with Crippen LogP contribution in [0, 0.1) is 12.3 Å². The first-order chi connectivity index (χ1) is 14.1. The van der Waals surface area contributed by atoms with Crippen molar-refractivity contribution in [1.29, 1.82) is 0 Å². The van der Waals surface area contributed by atoms with E-state index in [1.807, 2.05) is 17.0 Å². The first kappa shape index (κ1) is 19.2. The van der Waals surface area contributed by atoms with Crippen LogP contribution in [0.2, 0.25) is 0 Å². The Bertz CT molecular complexity index is 943. The predicted molar refractivity (Wildman–Crippen MR) is 112 cm³/mol. The number of hydrogen-bond acceptors (Lipinski definition) is 6. The number of nitrogens with one attached hydrogen (secondary N) is 1. The summed E-state index contributed by atoms with van der Waals surface area (Å²) in [5.74, 6) is 4.07. The lowest BCUT2D eigenvalue weighted by Crippen LogP contribution is -2.37. The highest BCUT2D eigenvalue weighted by molar-refractivity contribution is 5.98. The zero-order chi connectivity index (χ0) is 20.4. The van der Waals surface area contributed by atoms with Crippen LogP contribution in [-0.4, -0.2) is 53.6 Å². The Hall–Kier alpha value is -3.11. The van der Waals surface area contributed by atoms with Crippen LogP contribution in [0.3, 0.4) is 0 Å². The van der Waals surface area contributed by atoms with Gasteiger partial charge in [-0.3, -0.25) is 4.79 Å². The van der Waals surface area contributed by atoms with Gasteiger partial charge in [-0.05, 0) is 23.6 Å².